The Morgan fingerprint density at radius 2 is 1.02 bits per heavy atom. The molecule has 0 bridgehead atoms. The van der Waals surface area contributed by atoms with Crippen LogP contribution in [0.2, 0.25) is 0 Å². The van der Waals surface area contributed by atoms with E-state index < -0.39 is 5.41 Å². The standard InChI is InChI=1S/C57H34O2/c1-3-16-40(17-4-1)57(41-18-5-2-6-19-41)49-34-37(36-26-29-52-48(31-36)44-22-11-14-35-15-12-24-53(59-52)54(35)44)25-28-45(49)55-46(32-38-13-7-8-20-42(38)56(55)57)39-27-30-51-47(33-39)43-21-9-10-23-50(43)58-51/h1-34H. The molecule has 2 heterocycles. The zero-order valence-electron chi connectivity index (χ0n) is 31.9. The van der Waals surface area contributed by atoms with E-state index in [2.05, 4.69) is 200 Å². The van der Waals surface area contributed by atoms with Crippen LogP contribution < -0.4 is 4.74 Å². The van der Waals surface area contributed by atoms with Crippen LogP contribution in [-0.4, -0.2) is 0 Å². The first-order chi connectivity index (χ1) is 29.2. The maximum atomic E-state index is 6.54. The molecule has 13 rings (SSSR count). The van der Waals surface area contributed by atoms with Gasteiger partial charge in [0.25, 0.3) is 0 Å². The van der Waals surface area contributed by atoms with Crippen LogP contribution >= 0.6 is 0 Å². The molecule has 59 heavy (non-hydrogen) atoms. The molecule has 2 nitrogen and oxygen atoms in total. The number of fused-ring (bicyclic) bond motifs is 10. The molecule has 1 aromatic heterocycles. The molecular weight excluding hydrogens is 717 g/mol. The Labute approximate surface area is 341 Å². The Balaban J connectivity index is 1.12. The molecule has 0 N–H and O–H groups in total. The fourth-order valence-corrected chi connectivity index (χ4v) is 10.4. The van der Waals surface area contributed by atoms with E-state index in [0.29, 0.717) is 0 Å². The molecule has 2 heteroatoms. The number of hydrogen-bond donors (Lipinski definition) is 0. The average Bonchev–Trinajstić information content (AvgIpc) is 3.83. The molecule has 274 valence electrons. The number of furan rings is 1. The van der Waals surface area contributed by atoms with Gasteiger partial charge < -0.3 is 9.15 Å². The minimum atomic E-state index is -0.618. The van der Waals surface area contributed by atoms with Gasteiger partial charge in [-0.25, -0.2) is 0 Å². The summed E-state index contributed by atoms with van der Waals surface area (Å²) >= 11 is 0. The number of ether oxygens (including phenoxy) is 1. The molecule has 0 radical (unpaired) electrons. The molecule has 0 saturated heterocycles. The van der Waals surface area contributed by atoms with Crippen LogP contribution in [0.5, 0.6) is 11.5 Å². The van der Waals surface area contributed by atoms with Gasteiger partial charge in [0.05, 0.1) is 5.41 Å². The Morgan fingerprint density at radius 3 is 1.85 bits per heavy atom. The highest BCUT2D eigenvalue weighted by atomic mass is 16.5. The summed E-state index contributed by atoms with van der Waals surface area (Å²) in [6, 6.07) is 75.4. The fourth-order valence-electron chi connectivity index (χ4n) is 10.4. The van der Waals surface area contributed by atoms with E-state index in [4.69, 9.17) is 9.15 Å². The van der Waals surface area contributed by atoms with Crippen molar-refractivity contribution in [1.29, 1.82) is 0 Å². The Kier molecular flexibility index (Phi) is 6.68. The molecule has 0 spiro atoms. The molecule has 10 aromatic carbocycles. The van der Waals surface area contributed by atoms with Crippen molar-refractivity contribution in [3.63, 3.8) is 0 Å². The molecule has 0 fully saturated rings. The van der Waals surface area contributed by atoms with Gasteiger partial charge in [-0.15, -0.1) is 0 Å². The average molecular weight is 751 g/mol. The summed E-state index contributed by atoms with van der Waals surface area (Å²) in [4.78, 5) is 0. The van der Waals surface area contributed by atoms with E-state index >= 15 is 0 Å². The summed E-state index contributed by atoms with van der Waals surface area (Å²) in [5.74, 6) is 1.79. The van der Waals surface area contributed by atoms with E-state index in [9.17, 15) is 0 Å². The van der Waals surface area contributed by atoms with Gasteiger partial charge in [-0.05, 0) is 126 Å². The van der Waals surface area contributed by atoms with Gasteiger partial charge in [0.1, 0.15) is 22.7 Å². The van der Waals surface area contributed by atoms with Crippen molar-refractivity contribution in [2.45, 2.75) is 5.41 Å². The molecule has 0 saturated carbocycles. The van der Waals surface area contributed by atoms with Crippen LogP contribution in [0, 0.1) is 0 Å². The van der Waals surface area contributed by atoms with E-state index in [-0.39, 0.29) is 0 Å². The van der Waals surface area contributed by atoms with E-state index in [1.165, 1.54) is 71.8 Å². The topological polar surface area (TPSA) is 22.4 Å². The zero-order chi connectivity index (χ0) is 38.7. The van der Waals surface area contributed by atoms with Crippen LogP contribution in [0.15, 0.2) is 211 Å². The largest absolute Gasteiger partial charge is 0.456 e. The van der Waals surface area contributed by atoms with E-state index in [0.717, 1.165) is 50.0 Å². The summed E-state index contributed by atoms with van der Waals surface area (Å²) in [6.45, 7) is 0. The molecule has 11 aromatic rings. The lowest BCUT2D eigenvalue weighted by Gasteiger charge is -2.35. The molecule has 0 amide bonds. The summed E-state index contributed by atoms with van der Waals surface area (Å²) < 4.78 is 12.9. The third kappa shape index (κ3) is 4.51. The highest BCUT2D eigenvalue weighted by molar-refractivity contribution is 6.11. The van der Waals surface area contributed by atoms with Crippen molar-refractivity contribution < 1.29 is 9.15 Å². The van der Waals surface area contributed by atoms with Crippen molar-refractivity contribution in [3.8, 4) is 56.0 Å². The van der Waals surface area contributed by atoms with Gasteiger partial charge in [-0.3, -0.25) is 0 Å². The smallest absolute Gasteiger partial charge is 0.135 e. The van der Waals surface area contributed by atoms with Gasteiger partial charge in [0, 0.05) is 21.7 Å². The number of hydrogen-bond acceptors (Lipinski definition) is 2. The van der Waals surface area contributed by atoms with Crippen molar-refractivity contribution in [2.75, 3.05) is 0 Å². The zero-order valence-corrected chi connectivity index (χ0v) is 31.9. The van der Waals surface area contributed by atoms with Crippen molar-refractivity contribution in [1.82, 2.24) is 0 Å². The van der Waals surface area contributed by atoms with Gasteiger partial charge in [0.15, 0.2) is 0 Å². The van der Waals surface area contributed by atoms with Crippen LogP contribution in [0.1, 0.15) is 22.3 Å². The first-order valence-corrected chi connectivity index (χ1v) is 20.3. The molecule has 2 aliphatic rings. The van der Waals surface area contributed by atoms with Gasteiger partial charge in [-0.2, -0.15) is 0 Å². The van der Waals surface area contributed by atoms with Gasteiger partial charge in [-0.1, -0.05) is 158 Å². The van der Waals surface area contributed by atoms with Crippen LogP contribution in [0.25, 0.3) is 88.0 Å². The maximum absolute atomic E-state index is 6.54. The number of benzene rings is 10. The summed E-state index contributed by atoms with van der Waals surface area (Å²) in [5.41, 5.74) is 15.8. The summed E-state index contributed by atoms with van der Waals surface area (Å²) in [5, 5.41) is 7.07. The Hall–Kier alpha value is -7.68. The number of rotatable bonds is 4. The van der Waals surface area contributed by atoms with Gasteiger partial charge >= 0.3 is 0 Å². The SMILES string of the molecule is c1ccc(C2(c3ccccc3)c3cc(-c4ccc5c(c4)-c4cccc6cccc(c46)O5)ccc3-c3c(-c4ccc5oc6ccccc6c5c4)cc4ccccc4c32)cc1. The quantitative estimate of drug-likeness (QED) is 0.179. The summed E-state index contributed by atoms with van der Waals surface area (Å²) in [7, 11) is 0. The Morgan fingerprint density at radius 1 is 0.356 bits per heavy atom. The minimum Gasteiger partial charge on any atom is -0.456 e. The fraction of sp³-hybridized carbons (Fsp3) is 0.0175. The van der Waals surface area contributed by atoms with Crippen LogP contribution in [0.4, 0.5) is 0 Å². The van der Waals surface area contributed by atoms with Crippen molar-refractivity contribution in [3.05, 3.63) is 229 Å². The van der Waals surface area contributed by atoms with Crippen LogP contribution in [0.3, 0.4) is 0 Å². The summed E-state index contributed by atoms with van der Waals surface area (Å²) in [6.07, 6.45) is 0. The predicted octanol–water partition coefficient (Wildman–Crippen LogP) is 15.4. The van der Waals surface area contributed by atoms with E-state index in [1.54, 1.807) is 0 Å². The highest BCUT2D eigenvalue weighted by Crippen LogP contribution is 2.61. The second kappa shape index (κ2) is 12.2. The predicted molar refractivity (Wildman–Crippen MR) is 242 cm³/mol. The first-order valence-electron chi connectivity index (χ1n) is 20.3. The molecular formula is C57H34O2. The molecule has 1 aliphatic heterocycles. The minimum absolute atomic E-state index is 0.618. The highest BCUT2D eigenvalue weighted by Gasteiger charge is 2.48. The third-order valence-corrected chi connectivity index (χ3v) is 12.9. The molecule has 1 aliphatic carbocycles. The lowest BCUT2D eigenvalue weighted by Crippen LogP contribution is -2.29. The van der Waals surface area contributed by atoms with Crippen LogP contribution in [-0.2, 0) is 5.41 Å². The second-order valence-electron chi connectivity index (χ2n) is 15.9. The Bertz CT molecular complexity index is 3480. The monoisotopic (exact) mass is 750 g/mol. The normalized spacial score (nSPS) is 13.4. The lowest BCUT2D eigenvalue weighted by atomic mass is 9.66. The second-order valence-corrected chi connectivity index (χ2v) is 15.9. The third-order valence-electron chi connectivity index (χ3n) is 12.9. The maximum Gasteiger partial charge on any atom is 0.135 e. The first kappa shape index (κ1) is 32.4. The lowest BCUT2D eigenvalue weighted by molar-refractivity contribution is 0.487. The van der Waals surface area contributed by atoms with Crippen molar-refractivity contribution >= 4 is 43.5 Å². The van der Waals surface area contributed by atoms with Crippen molar-refractivity contribution in [2.24, 2.45) is 0 Å². The van der Waals surface area contributed by atoms with Gasteiger partial charge in [0.2, 0.25) is 0 Å². The molecule has 0 atom stereocenters. The number of para-hydroxylation sites is 1. The van der Waals surface area contributed by atoms with E-state index in [1.807, 2.05) is 6.07 Å². The molecule has 0 unspecified atom stereocenters.